The lowest BCUT2D eigenvalue weighted by Crippen LogP contribution is -2.54. The largest absolute Gasteiger partial charge is 0.338 e. The summed E-state index contributed by atoms with van der Waals surface area (Å²) in [7, 11) is 0. The maximum Gasteiger partial charge on any atom is 0.255 e. The maximum absolute atomic E-state index is 14.0. The van der Waals surface area contributed by atoms with Gasteiger partial charge in [-0.1, -0.05) is 78.9 Å². The summed E-state index contributed by atoms with van der Waals surface area (Å²) < 4.78 is 0. The van der Waals surface area contributed by atoms with Crippen molar-refractivity contribution in [3.63, 3.8) is 0 Å². The first-order valence-corrected chi connectivity index (χ1v) is 15.6. The Balaban J connectivity index is 1.14. The molecule has 6 rings (SSSR count). The number of rotatable bonds is 5. The van der Waals surface area contributed by atoms with E-state index in [0.29, 0.717) is 12.6 Å². The molecule has 1 unspecified atom stereocenters. The molecule has 0 aliphatic carbocycles. The highest BCUT2D eigenvalue weighted by Gasteiger charge is 2.37. The average Bonchev–Trinajstić information content (AvgIpc) is 3.02. The summed E-state index contributed by atoms with van der Waals surface area (Å²) >= 11 is 0. The van der Waals surface area contributed by atoms with Gasteiger partial charge in [-0.05, 0) is 86.2 Å². The Kier molecular flexibility index (Phi) is 8.04. The van der Waals surface area contributed by atoms with Gasteiger partial charge in [0.2, 0.25) is 5.91 Å². The molecule has 2 fully saturated rings. The van der Waals surface area contributed by atoms with Gasteiger partial charge in [-0.2, -0.15) is 0 Å². The minimum atomic E-state index is -0.243. The van der Waals surface area contributed by atoms with E-state index in [1.807, 2.05) is 42.5 Å². The number of benzene rings is 4. The first-order valence-electron chi connectivity index (χ1n) is 15.6. The lowest BCUT2D eigenvalue weighted by Gasteiger charge is -2.44. The molecule has 5 heteroatoms. The second-order valence-corrected chi connectivity index (χ2v) is 13.1. The summed E-state index contributed by atoms with van der Waals surface area (Å²) in [6.45, 7) is 10.4. The summed E-state index contributed by atoms with van der Waals surface area (Å²) in [5.74, 6) is 0.421. The van der Waals surface area contributed by atoms with Gasteiger partial charge in [0, 0.05) is 37.8 Å². The predicted octanol–water partition coefficient (Wildman–Crippen LogP) is 7.14. The zero-order valence-electron chi connectivity index (χ0n) is 25.3. The van der Waals surface area contributed by atoms with Crippen molar-refractivity contribution in [3.05, 3.63) is 96.1 Å². The topological polar surface area (TPSA) is 43.9 Å². The van der Waals surface area contributed by atoms with E-state index in [2.05, 4.69) is 77.9 Å². The van der Waals surface area contributed by atoms with Crippen LogP contribution in [-0.2, 0) is 11.3 Å². The zero-order chi connectivity index (χ0) is 29.3. The second-order valence-electron chi connectivity index (χ2n) is 13.1. The Morgan fingerprint density at radius 3 is 2.00 bits per heavy atom. The minimum Gasteiger partial charge on any atom is -0.338 e. The Morgan fingerprint density at radius 2 is 1.38 bits per heavy atom. The lowest BCUT2D eigenvalue weighted by molar-refractivity contribution is -0.143. The molecule has 42 heavy (non-hydrogen) atoms. The highest BCUT2D eigenvalue weighted by atomic mass is 16.2. The molecule has 2 amide bonds. The Labute approximate surface area is 250 Å². The quantitative estimate of drug-likeness (QED) is 0.243. The lowest BCUT2D eigenvalue weighted by atomic mass is 9.90. The third-order valence-corrected chi connectivity index (χ3v) is 9.31. The van der Waals surface area contributed by atoms with Crippen LogP contribution in [0.25, 0.3) is 21.5 Å². The van der Waals surface area contributed by atoms with Gasteiger partial charge in [-0.15, -0.1) is 0 Å². The number of fused-ring (bicyclic) bond motifs is 2. The number of piperidine rings is 2. The Hall–Kier alpha value is -3.70. The van der Waals surface area contributed by atoms with Gasteiger partial charge in [0.25, 0.3) is 5.91 Å². The highest BCUT2D eigenvalue weighted by Crippen LogP contribution is 2.32. The van der Waals surface area contributed by atoms with E-state index in [1.165, 1.54) is 5.56 Å². The predicted molar refractivity (Wildman–Crippen MR) is 171 cm³/mol. The summed E-state index contributed by atoms with van der Waals surface area (Å²) in [5.41, 5.74) is 1.75. The van der Waals surface area contributed by atoms with E-state index in [4.69, 9.17) is 0 Å². The van der Waals surface area contributed by atoms with Crippen molar-refractivity contribution in [3.8, 4) is 0 Å². The molecule has 0 spiro atoms. The third-order valence-electron chi connectivity index (χ3n) is 9.31. The van der Waals surface area contributed by atoms with E-state index < -0.39 is 0 Å². The fraction of sp³-hybridized carbons (Fsp3) is 0.405. The van der Waals surface area contributed by atoms with Gasteiger partial charge in [0.1, 0.15) is 0 Å². The smallest absolute Gasteiger partial charge is 0.255 e. The molecule has 0 aromatic heterocycles. The zero-order valence-corrected chi connectivity index (χ0v) is 25.3. The summed E-state index contributed by atoms with van der Waals surface area (Å²) in [4.78, 5) is 34.6. The van der Waals surface area contributed by atoms with E-state index >= 15 is 0 Å². The molecule has 4 aromatic carbocycles. The van der Waals surface area contributed by atoms with Crippen molar-refractivity contribution in [2.24, 2.45) is 5.92 Å². The monoisotopic (exact) mass is 561 g/mol. The number of likely N-dealkylation sites (tertiary alicyclic amines) is 2. The molecular weight excluding hydrogens is 518 g/mol. The van der Waals surface area contributed by atoms with Crippen LogP contribution in [-0.4, -0.2) is 64.3 Å². The highest BCUT2D eigenvalue weighted by molar-refractivity contribution is 6.18. The molecule has 218 valence electrons. The molecule has 0 bridgehead atoms. The molecule has 2 heterocycles. The van der Waals surface area contributed by atoms with Crippen molar-refractivity contribution in [1.29, 1.82) is 0 Å². The molecular formula is C37H43N3O2. The van der Waals surface area contributed by atoms with Gasteiger partial charge in [0.15, 0.2) is 0 Å². The van der Waals surface area contributed by atoms with Crippen LogP contribution in [0.1, 0.15) is 62.4 Å². The molecule has 2 aliphatic heterocycles. The first-order chi connectivity index (χ1) is 20.3. The van der Waals surface area contributed by atoms with E-state index in [9.17, 15) is 9.59 Å². The van der Waals surface area contributed by atoms with Gasteiger partial charge < -0.3 is 9.80 Å². The van der Waals surface area contributed by atoms with Crippen LogP contribution in [0.2, 0.25) is 0 Å². The first kappa shape index (κ1) is 28.4. The number of hydrogen-bond acceptors (Lipinski definition) is 3. The van der Waals surface area contributed by atoms with Crippen molar-refractivity contribution >= 4 is 33.4 Å². The third kappa shape index (κ3) is 5.80. The van der Waals surface area contributed by atoms with Crippen molar-refractivity contribution in [2.45, 2.75) is 64.6 Å². The van der Waals surface area contributed by atoms with Crippen LogP contribution < -0.4 is 0 Å². The van der Waals surface area contributed by atoms with Crippen molar-refractivity contribution in [1.82, 2.24) is 14.7 Å². The molecule has 1 atom stereocenters. The fourth-order valence-electron chi connectivity index (χ4n) is 7.01. The molecule has 0 N–H and O–H groups in total. The van der Waals surface area contributed by atoms with Crippen LogP contribution in [0.15, 0.2) is 84.9 Å². The molecule has 2 saturated heterocycles. The SMILES string of the molecule is CC(C)(C)N(Cc1ccccc1)C(=O)C1CCCN(C2CCN(C(=O)c3c4ccccc4cc4ccccc34)CC2)C1. The maximum atomic E-state index is 14.0. The van der Waals surface area contributed by atoms with Gasteiger partial charge in [-0.25, -0.2) is 0 Å². The van der Waals surface area contributed by atoms with Crippen LogP contribution >= 0.6 is 0 Å². The van der Waals surface area contributed by atoms with Crippen molar-refractivity contribution in [2.75, 3.05) is 26.2 Å². The summed E-state index contributed by atoms with van der Waals surface area (Å²) in [5, 5.41) is 4.27. The van der Waals surface area contributed by atoms with Crippen LogP contribution in [0.3, 0.4) is 0 Å². The van der Waals surface area contributed by atoms with Crippen LogP contribution in [0.4, 0.5) is 0 Å². The van der Waals surface area contributed by atoms with Gasteiger partial charge in [0.05, 0.1) is 11.5 Å². The number of carbonyl (C=O) groups excluding carboxylic acids is 2. The Morgan fingerprint density at radius 1 is 0.786 bits per heavy atom. The van der Waals surface area contributed by atoms with Crippen LogP contribution in [0.5, 0.6) is 0 Å². The van der Waals surface area contributed by atoms with Gasteiger partial charge in [-0.3, -0.25) is 14.5 Å². The van der Waals surface area contributed by atoms with Crippen molar-refractivity contribution < 1.29 is 9.59 Å². The standard InChI is InChI=1S/C37H43N3O2/c1-37(2,3)40(25-27-12-5-4-6-13-27)35(41)30-16-11-21-39(26-30)31-19-22-38(23-20-31)36(42)34-32-17-9-7-14-28(32)24-29-15-8-10-18-33(29)34/h4-10,12-15,17-18,24,30-31H,11,16,19-23,25-26H2,1-3H3. The number of nitrogens with zero attached hydrogens (tertiary/aromatic N) is 3. The van der Waals surface area contributed by atoms with E-state index in [-0.39, 0.29) is 23.3 Å². The minimum absolute atomic E-state index is 0.0170. The normalized spacial score (nSPS) is 18.8. The van der Waals surface area contributed by atoms with E-state index in [0.717, 1.165) is 79.0 Å². The summed E-state index contributed by atoms with van der Waals surface area (Å²) in [6.07, 6.45) is 3.88. The molecule has 5 nitrogen and oxygen atoms in total. The van der Waals surface area contributed by atoms with E-state index in [1.54, 1.807) is 0 Å². The van der Waals surface area contributed by atoms with Gasteiger partial charge >= 0.3 is 0 Å². The molecule has 0 saturated carbocycles. The Bertz CT molecular complexity index is 1510. The average molecular weight is 562 g/mol. The van der Waals surface area contributed by atoms with Crippen LogP contribution in [0, 0.1) is 5.92 Å². The molecule has 2 aliphatic rings. The molecule has 4 aromatic rings. The fourth-order valence-corrected chi connectivity index (χ4v) is 7.01. The number of hydrogen-bond donors (Lipinski definition) is 0. The number of amides is 2. The summed E-state index contributed by atoms with van der Waals surface area (Å²) in [6, 6.07) is 29.4. The number of carbonyl (C=O) groups is 2. The second kappa shape index (κ2) is 11.9. The molecule has 0 radical (unpaired) electrons.